The average molecular weight is 281 g/mol. The molecule has 1 aliphatic heterocycles. The van der Waals surface area contributed by atoms with Gasteiger partial charge in [0.15, 0.2) is 5.82 Å². The first kappa shape index (κ1) is 14.8. The number of rotatable bonds is 4. The van der Waals surface area contributed by atoms with Crippen molar-refractivity contribution in [3.63, 3.8) is 0 Å². The number of urea groups is 1. The molecule has 0 atom stereocenters. The van der Waals surface area contributed by atoms with Crippen molar-refractivity contribution in [2.24, 2.45) is 0 Å². The van der Waals surface area contributed by atoms with Gasteiger partial charge >= 0.3 is 6.03 Å². The van der Waals surface area contributed by atoms with Crippen molar-refractivity contribution in [2.45, 2.75) is 52.2 Å². The van der Waals surface area contributed by atoms with Gasteiger partial charge in [-0.05, 0) is 19.8 Å². The Bertz CT molecular complexity index is 438. The molecule has 7 heteroatoms. The summed E-state index contributed by atoms with van der Waals surface area (Å²) >= 11 is 0. The Morgan fingerprint density at radius 2 is 2.15 bits per heavy atom. The molecule has 2 heterocycles. The Labute approximate surface area is 119 Å². The van der Waals surface area contributed by atoms with Crippen LogP contribution >= 0.6 is 0 Å². The van der Waals surface area contributed by atoms with Crippen LogP contribution in [0.2, 0.25) is 0 Å². The summed E-state index contributed by atoms with van der Waals surface area (Å²) in [4.78, 5) is 17.9. The highest BCUT2D eigenvalue weighted by molar-refractivity contribution is 5.74. The lowest BCUT2D eigenvalue weighted by molar-refractivity contribution is 0.173. The summed E-state index contributed by atoms with van der Waals surface area (Å²) in [6, 6.07) is 0.933. The van der Waals surface area contributed by atoms with E-state index in [1.807, 2.05) is 4.90 Å². The summed E-state index contributed by atoms with van der Waals surface area (Å²) in [6.07, 6.45) is 1.98. The Kier molecular flexibility index (Phi) is 4.94. The van der Waals surface area contributed by atoms with Crippen molar-refractivity contribution in [1.82, 2.24) is 25.7 Å². The smallest absolute Gasteiger partial charge is 0.317 e. The third-order valence-corrected chi connectivity index (χ3v) is 3.31. The molecule has 112 valence electrons. The summed E-state index contributed by atoms with van der Waals surface area (Å²) in [5.41, 5.74) is 0. The van der Waals surface area contributed by atoms with Gasteiger partial charge in [-0.2, -0.15) is 4.98 Å². The maximum Gasteiger partial charge on any atom is 0.317 e. The molecule has 0 spiro atoms. The van der Waals surface area contributed by atoms with E-state index in [0.29, 0.717) is 23.8 Å². The number of nitrogens with zero attached hydrogens (tertiary/aromatic N) is 3. The summed E-state index contributed by atoms with van der Waals surface area (Å²) < 4.78 is 4.96. The second-order valence-electron chi connectivity index (χ2n) is 5.48. The highest BCUT2D eigenvalue weighted by atomic mass is 16.5. The van der Waals surface area contributed by atoms with E-state index >= 15 is 0 Å². The van der Waals surface area contributed by atoms with Crippen LogP contribution in [0.4, 0.5) is 4.79 Å². The van der Waals surface area contributed by atoms with E-state index in [0.717, 1.165) is 25.9 Å². The molecular weight excluding hydrogens is 258 g/mol. The molecule has 1 aliphatic rings. The molecule has 1 aromatic heterocycles. The van der Waals surface area contributed by atoms with Gasteiger partial charge in [-0.15, -0.1) is 0 Å². The van der Waals surface area contributed by atoms with Crippen LogP contribution in [0.25, 0.3) is 0 Å². The van der Waals surface area contributed by atoms with Crippen molar-refractivity contribution in [3.05, 3.63) is 11.7 Å². The van der Waals surface area contributed by atoms with Crippen molar-refractivity contribution in [3.8, 4) is 0 Å². The molecule has 2 rings (SSSR count). The maximum atomic E-state index is 12.0. The number of nitrogens with one attached hydrogen (secondary N) is 2. The van der Waals surface area contributed by atoms with E-state index in [4.69, 9.17) is 4.52 Å². The van der Waals surface area contributed by atoms with Gasteiger partial charge in [0.2, 0.25) is 5.89 Å². The monoisotopic (exact) mass is 281 g/mol. The standard InChI is InChI=1S/C13H23N5O2/c1-9(2)15-11-4-6-18(7-5-11)13(19)14-8-12-16-10(3)17-20-12/h9,11,15H,4-8H2,1-3H3,(H,14,19). The molecular formula is C13H23N5O2. The molecule has 0 aromatic carbocycles. The Hall–Kier alpha value is -1.63. The maximum absolute atomic E-state index is 12.0. The second kappa shape index (κ2) is 6.69. The van der Waals surface area contributed by atoms with E-state index in [1.165, 1.54) is 0 Å². The van der Waals surface area contributed by atoms with Gasteiger partial charge in [0, 0.05) is 25.2 Å². The minimum absolute atomic E-state index is 0.0659. The van der Waals surface area contributed by atoms with Crippen molar-refractivity contribution in [1.29, 1.82) is 0 Å². The molecule has 1 aromatic rings. The fraction of sp³-hybridized carbons (Fsp3) is 0.769. The molecule has 0 aliphatic carbocycles. The number of amides is 2. The molecule has 0 unspecified atom stereocenters. The lowest BCUT2D eigenvalue weighted by Gasteiger charge is -2.33. The number of carbonyl (C=O) groups is 1. The Morgan fingerprint density at radius 1 is 1.45 bits per heavy atom. The SMILES string of the molecule is Cc1noc(CNC(=O)N2CCC(NC(C)C)CC2)n1. The first-order valence-electron chi connectivity index (χ1n) is 7.12. The topological polar surface area (TPSA) is 83.3 Å². The molecule has 0 radical (unpaired) electrons. The van der Waals surface area contributed by atoms with Gasteiger partial charge in [-0.3, -0.25) is 0 Å². The summed E-state index contributed by atoms with van der Waals surface area (Å²) in [5.74, 6) is 1.02. The largest absolute Gasteiger partial charge is 0.337 e. The Morgan fingerprint density at radius 3 is 2.70 bits per heavy atom. The van der Waals surface area contributed by atoms with Gasteiger partial charge in [0.1, 0.15) is 0 Å². The van der Waals surface area contributed by atoms with Gasteiger partial charge < -0.3 is 20.1 Å². The van der Waals surface area contributed by atoms with Crippen LogP contribution in [0.15, 0.2) is 4.52 Å². The van der Waals surface area contributed by atoms with Crippen LogP contribution < -0.4 is 10.6 Å². The van der Waals surface area contributed by atoms with Crippen molar-refractivity contribution < 1.29 is 9.32 Å². The van der Waals surface area contributed by atoms with Crippen LogP contribution in [0.1, 0.15) is 38.4 Å². The second-order valence-corrected chi connectivity index (χ2v) is 5.48. The molecule has 7 nitrogen and oxygen atoms in total. The summed E-state index contributed by atoms with van der Waals surface area (Å²) in [5, 5.41) is 10.0. The molecule has 2 N–H and O–H groups in total. The average Bonchev–Trinajstić information content (AvgIpc) is 2.82. The number of hydrogen-bond acceptors (Lipinski definition) is 5. The van der Waals surface area contributed by atoms with Crippen LogP contribution in [-0.2, 0) is 6.54 Å². The predicted octanol–water partition coefficient (Wildman–Crippen LogP) is 1.05. The van der Waals surface area contributed by atoms with E-state index in [1.54, 1.807) is 6.92 Å². The van der Waals surface area contributed by atoms with E-state index < -0.39 is 0 Å². The zero-order valence-corrected chi connectivity index (χ0v) is 12.3. The van der Waals surface area contributed by atoms with Gasteiger partial charge in [-0.1, -0.05) is 19.0 Å². The highest BCUT2D eigenvalue weighted by Crippen LogP contribution is 2.11. The molecule has 0 saturated carbocycles. The van der Waals surface area contributed by atoms with Gasteiger partial charge in [-0.25, -0.2) is 4.79 Å². The summed E-state index contributed by atoms with van der Waals surface area (Å²) in [7, 11) is 0. The lowest BCUT2D eigenvalue weighted by atomic mass is 10.0. The third kappa shape index (κ3) is 4.19. The number of hydrogen-bond donors (Lipinski definition) is 2. The van der Waals surface area contributed by atoms with Gasteiger partial charge in [0.25, 0.3) is 0 Å². The number of aryl methyl sites for hydroxylation is 1. The fourth-order valence-electron chi connectivity index (χ4n) is 2.40. The first-order valence-corrected chi connectivity index (χ1v) is 7.12. The fourth-order valence-corrected chi connectivity index (χ4v) is 2.40. The highest BCUT2D eigenvalue weighted by Gasteiger charge is 2.23. The number of piperidine rings is 1. The van der Waals surface area contributed by atoms with Crippen LogP contribution in [0, 0.1) is 6.92 Å². The van der Waals surface area contributed by atoms with Gasteiger partial charge in [0.05, 0.1) is 6.54 Å². The molecule has 1 saturated heterocycles. The molecule has 20 heavy (non-hydrogen) atoms. The van der Waals surface area contributed by atoms with E-state index in [9.17, 15) is 4.79 Å². The van der Waals surface area contributed by atoms with Crippen LogP contribution in [0.5, 0.6) is 0 Å². The van der Waals surface area contributed by atoms with Crippen molar-refractivity contribution >= 4 is 6.03 Å². The zero-order valence-electron chi connectivity index (χ0n) is 12.3. The van der Waals surface area contributed by atoms with E-state index in [2.05, 4.69) is 34.6 Å². The molecule has 0 bridgehead atoms. The number of aromatic nitrogens is 2. The normalized spacial score (nSPS) is 16.7. The van der Waals surface area contributed by atoms with Crippen LogP contribution in [-0.4, -0.2) is 46.2 Å². The third-order valence-electron chi connectivity index (χ3n) is 3.31. The quantitative estimate of drug-likeness (QED) is 0.862. The number of likely N-dealkylation sites (tertiary alicyclic amines) is 1. The number of carbonyl (C=O) groups excluding carboxylic acids is 1. The van der Waals surface area contributed by atoms with Crippen molar-refractivity contribution in [2.75, 3.05) is 13.1 Å². The summed E-state index contributed by atoms with van der Waals surface area (Å²) in [6.45, 7) is 7.88. The van der Waals surface area contributed by atoms with E-state index in [-0.39, 0.29) is 12.6 Å². The van der Waals surface area contributed by atoms with Crippen LogP contribution in [0.3, 0.4) is 0 Å². The first-order chi connectivity index (χ1) is 9.54. The molecule has 1 fully saturated rings. The minimum atomic E-state index is -0.0659. The Balaban J connectivity index is 1.72. The predicted molar refractivity (Wildman–Crippen MR) is 74.1 cm³/mol. The zero-order chi connectivity index (χ0) is 14.5. The molecule has 2 amide bonds. The minimum Gasteiger partial charge on any atom is -0.337 e. The lowest BCUT2D eigenvalue weighted by Crippen LogP contribution is -2.49.